The van der Waals surface area contributed by atoms with E-state index >= 15 is 0 Å². The molecular formula is C20H19F3N4O. The number of benzene rings is 2. The van der Waals surface area contributed by atoms with Crippen molar-refractivity contribution in [3.05, 3.63) is 65.9 Å². The molecule has 0 saturated heterocycles. The molecule has 1 heterocycles. The Hall–Kier alpha value is -3.29. The number of ether oxygens (including phenoxy) is 1. The van der Waals surface area contributed by atoms with Crippen molar-refractivity contribution in [3.8, 4) is 5.75 Å². The lowest BCUT2D eigenvalue weighted by atomic mass is 10.2. The molecule has 3 rings (SSSR count). The molecule has 28 heavy (non-hydrogen) atoms. The molecule has 146 valence electrons. The van der Waals surface area contributed by atoms with E-state index in [9.17, 15) is 13.2 Å². The largest absolute Gasteiger partial charge is 0.492 e. The van der Waals surface area contributed by atoms with Crippen LogP contribution in [-0.2, 0) is 6.18 Å². The summed E-state index contributed by atoms with van der Waals surface area (Å²) in [7, 11) is 0. The number of nitrogens with zero attached hydrogens (tertiary/aromatic N) is 2. The minimum atomic E-state index is -4.61. The van der Waals surface area contributed by atoms with Gasteiger partial charge in [-0.3, -0.25) is 0 Å². The fraction of sp³-hybridized carbons (Fsp3) is 0.200. The number of halogens is 3. The Morgan fingerprint density at radius 3 is 2.39 bits per heavy atom. The molecular weight excluding hydrogens is 369 g/mol. The van der Waals surface area contributed by atoms with E-state index in [4.69, 9.17) is 4.74 Å². The summed E-state index contributed by atoms with van der Waals surface area (Å²) >= 11 is 0. The van der Waals surface area contributed by atoms with E-state index in [-0.39, 0.29) is 11.8 Å². The minimum Gasteiger partial charge on any atom is -0.492 e. The van der Waals surface area contributed by atoms with Crippen LogP contribution in [0.1, 0.15) is 18.1 Å². The first kappa shape index (κ1) is 19.5. The van der Waals surface area contributed by atoms with Gasteiger partial charge in [0.15, 0.2) is 0 Å². The van der Waals surface area contributed by atoms with E-state index in [0.29, 0.717) is 23.7 Å². The molecule has 0 amide bonds. The van der Waals surface area contributed by atoms with Crippen LogP contribution in [0.5, 0.6) is 5.75 Å². The molecule has 0 atom stereocenters. The molecule has 5 nitrogen and oxygen atoms in total. The van der Waals surface area contributed by atoms with E-state index in [0.717, 1.165) is 11.8 Å². The number of hydrogen-bond acceptors (Lipinski definition) is 5. The lowest BCUT2D eigenvalue weighted by molar-refractivity contribution is -0.137. The molecule has 0 radical (unpaired) electrons. The highest BCUT2D eigenvalue weighted by Gasteiger charge is 2.35. The van der Waals surface area contributed by atoms with Crippen molar-refractivity contribution in [1.82, 2.24) is 9.97 Å². The molecule has 8 heteroatoms. The van der Waals surface area contributed by atoms with Crippen molar-refractivity contribution in [2.45, 2.75) is 20.0 Å². The standard InChI is InChI=1S/C20H19F3N4O/c1-3-28-17-7-5-4-6-16(17)26-18-15(20(21,22)23)12-24-19(27-18)25-14-10-8-13(2)9-11-14/h4-12H,3H2,1-2H3,(H2,24,25,26,27). The number of aromatic nitrogens is 2. The van der Waals surface area contributed by atoms with Crippen LogP contribution in [-0.4, -0.2) is 16.6 Å². The number of alkyl halides is 3. The number of hydrogen-bond donors (Lipinski definition) is 2. The van der Waals surface area contributed by atoms with Crippen molar-refractivity contribution in [3.63, 3.8) is 0 Å². The van der Waals surface area contributed by atoms with Gasteiger partial charge >= 0.3 is 6.18 Å². The number of nitrogens with one attached hydrogen (secondary N) is 2. The summed E-state index contributed by atoms with van der Waals surface area (Å²) < 4.78 is 45.8. The predicted octanol–water partition coefficient (Wildman–Crippen LogP) is 5.69. The van der Waals surface area contributed by atoms with Gasteiger partial charge in [-0.15, -0.1) is 0 Å². The third kappa shape index (κ3) is 4.70. The average Bonchev–Trinajstić information content (AvgIpc) is 2.65. The smallest absolute Gasteiger partial charge is 0.421 e. The molecule has 2 N–H and O–H groups in total. The third-order valence-corrected chi connectivity index (χ3v) is 3.84. The molecule has 2 aromatic carbocycles. The Balaban J connectivity index is 1.96. The first-order valence-electron chi connectivity index (χ1n) is 8.63. The van der Waals surface area contributed by atoms with Gasteiger partial charge in [-0.2, -0.15) is 18.2 Å². The van der Waals surface area contributed by atoms with Gasteiger partial charge in [0.1, 0.15) is 17.1 Å². The summed E-state index contributed by atoms with van der Waals surface area (Å²) in [6, 6.07) is 14.1. The maximum Gasteiger partial charge on any atom is 0.421 e. The van der Waals surface area contributed by atoms with Gasteiger partial charge < -0.3 is 15.4 Å². The van der Waals surface area contributed by atoms with Crippen LogP contribution in [0.4, 0.5) is 36.3 Å². The maximum absolute atomic E-state index is 13.4. The third-order valence-electron chi connectivity index (χ3n) is 3.84. The molecule has 0 saturated carbocycles. The molecule has 3 aromatic rings. The van der Waals surface area contributed by atoms with E-state index in [1.54, 1.807) is 43.3 Å². The summed E-state index contributed by atoms with van der Waals surface area (Å²) in [5.41, 5.74) is 1.16. The second-order valence-corrected chi connectivity index (χ2v) is 6.00. The van der Waals surface area contributed by atoms with Crippen molar-refractivity contribution in [2.75, 3.05) is 17.2 Å². The van der Waals surface area contributed by atoms with Crippen molar-refractivity contribution < 1.29 is 17.9 Å². The summed E-state index contributed by atoms with van der Waals surface area (Å²) in [5, 5.41) is 5.65. The van der Waals surface area contributed by atoms with Crippen molar-refractivity contribution in [1.29, 1.82) is 0 Å². The van der Waals surface area contributed by atoms with Gasteiger partial charge in [0, 0.05) is 11.9 Å². The van der Waals surface area contributed by atoms with Crippen LogP contribution in [0.15, 0.2) is 54.7 Å². The topological polar surface area (TPSA) is 59.1 Å². The average molecular weight is 388 g/mol. The van der Waals surface area contributed by atoms with Gasteiger partial charge in [0.25, 0.3) is 0 Å². The molecule has 0 spiro atoms. The van der Waals surface area contributed by atoms with Gasteiger partial charge in [-0.1, -0.05) is 29.8 Å². The quantitative estimate of drug-likeness (QED) is 0.568. The molecule has 1 aromatic heterocycles. The van der Waals surface area contributed by atoms with Crippen LogP contribution in [0, 0.1) is 6.92 Å². The Morgan fingerprint density at radius 1 is 1.00 bits per heavy atom. The first-order chi connectivity index (χ1) is 13.4. The van der Waals surface area contributed by atoms with Crippen LogP contribution in [0.3, 0.4) is 0 Å². The van der Waals surface area contributed by atoms with Crippen molar-refractivity contribution in [2.24, 2.45) is 0 Å². The predicted molar refractivity (Wildman–Crippen MR) is 102 cm³/mol. The Kier molecular flexibility index (Phi) is 5.67. The maximum atomic E-state index is 13.4. The van der Waals surface area contributed by atoms with E-state index in [1.807, 2.05) is 19.1 Å². The summed E-state index contributed by atoms with van der Waals surface area (Å²) in [5.74, 6) is 0.127. The SMILES string of the molecule is CCOc1ccccc1Nc1nc(Nc2ccc(C)cc2)ncc1C(F)(F)F. The van der Waals surface area contributed by atoms with Gasteiger partial charge in [-0.05, 0) is 38.1 Å². The van der Waals surface area contributed by atoms with Crippen LogP contribution >= 0.6 is 0 Å². The zero-order chi connectivity index (χ0) is 20.1. The molecule has 0 unspecified atom stereocenters. The van der Waals surface area contributed by atoms with Gasteiger partial charge in [0.05, 0.1) is 12.3 Å². The minimum absolute atomic E-state index is 0.0493. The normalized spacial score (nSPS) is 11.2. The lowest BCUT2D eigenvalue weighted by Gasteiger charge is -2.16. The summed E-state index contributed by atoms with van der Waals surface area (Å²) in [6.45, 7) is 4.12. The molecule has 0 fully saturated rings. The second kappa shape index (κ2) is 8.16. The van der Waals surface area contributed by atoms with Crippen molar-refractivity contribution >= 4 is 23.1 Å². The highest BCUT2D eigenvalue weighted by atomic mass is 19.4. The Labute approximate surface area is 160 Å². The van der Waals surface area contributed by atoms with E-state index in [2.05, 4.69) is 20.6 Å². The number of para-hydroxylation sites is 2. The monoisotopic (exact) mass is 388 g/mol. The molecule has 0 aliphatic rings. The second-order valence-electron chi connectivity index (χ2n) is 6.00. The van der Waals surface area contributed by atoms with Gasteiger partial charge in [0.2, 0.25) is 5.95 Å². The van der Waals surface area contributed by atoms with E-state index in [1.165, 1.54) is 0 Å². The molecule has 0 bridgehead atoms. The zero-order valence-electron chi connectivity index (χ0n) is 15.3. The first-order valence-corrected chi connectivity index (χ1v) is 8.63. The van der Waals surface area contributed by atoms with Gasteiger partial charge in [-0.25, -0.2) is 4.98 Å². The Morgan fingerprint density at radius 2 is 1.71 bits per heavy atom. The highest BCUT2D eigenvalue weighted by molar-refractivity contribution is 5.67. The number of aryl methyl sites for hydroxylation is 1. The highest BCUT2D eigenvalue weighted by Crippen LogP contribution is 2.37. The van der Waals surface area contributed by atoms with E-state index < -0.39 is 11.7 Å². The number of anilines is 4. The zero-order valence-corrected chi connectivity index (χ0v) is 15.3. The summed E-state index contributed by atoms with van der Waals surface area (Å²) in [6.07, 6.45) is -3.85. The fourth-order valence-electron chi connectivity index (χ4n) is 2.49. The lowest BCUT2D eigenvalue weighted by Crippen LogP contribution is -2.13. The van der Waals surface area contributed by atoms with Crippen LogP contribution in [0.25, 0.3) is 0 Å². The summed E-state index contributed by atoms with van der Waals surface area (Å²) in [4.78, 5) is 7.85. The Bertz CT molecular complexity index is 943. The molecule has 0 aliphatic heterocycles. The van der Waals surface area contributed by atoms with Crippen LogP contribution < -0.4 is 15.4 Å². The van der Waals surface area contributed by atoms with Crippen LogP contribution in [0.2, 0.25) is 0 Å². The molecule has 0 aliphatic carbocycles. The fourth-order valence-corrected chi connectivity index (χ4v) is 2.49. The number of rotatable bonds is 6.